The fourth-order valence-electron chi connectivity index (χ4n) is 1.62. The number of hydrogen-bond donors (Lipinski definition) is 2. The first-order chi connectivity index (χ1) is 6.77. The van der Waals surface area contributed by atoms with Gasteiger partial charge in [0.2, 0.25) is 0 Å². The van der Waals surface area contributed by atoms with Gasteiger partial charge in [0.15, 0.2) is 11.6 Å². The van der Waals surface area contributed by atoms with E-state index in [2.05, 4.69) is 10.6 Å². The van der Waals surface area contributed by atoms with Crippen molar-refractivity contribution in [2.24, 2.45) is 0 Å². The SMILES string of the molecule is Cl.Fc1ccc([C@@H]2CNCCN2)cc1F. The molecule has 2 rings (SSSR count). The summed E-state index contributed by atoms with van der Waals surface area (Å²) in [5.74, 6) is -1.58. The summed E-state index contributed by atoms with van der Waals surface area (Å²) in [6, 6.07) is 4.11. The van der Waals surface area contributed by atoms with Crippen molar-refractivity contribution >= 4 is 12.4 Å². The molecule has 1 fully saturated rings. The molecule has 1 atom stereocenters. The van der Waals surface area contributed by atoms with Crippen LogP contribution in [-0.4, -0.2) is 19.6 Å². The Bertz CT molecular complexity index is 327. The van der Waals surface area contributed by atoms with Crippen LogP contribution in [0.1, 0.15) is 11.6 Å². The Hall–Kier alpha value is -0.710. The lowest BCUT2D eigenvalue weighted by Gasteiger charge is -2.24. The predicted octanol–water partition coefficient (Wildman–Crippen LogP) is 1.62. The summed E-state index contributed by atoms with van der Waals surface area (Å²) >= 11 is 0. The molecule has 2 N–H and O–H groups in total. The Morgan fingerprint density at radius 2 is 1.93 bits per heavy atom. The van der Waals surface area contributed by atoms with Gasteiger partial charge in [-0.3, -0.25) is 0 Å². The third-order valence-electron chi connectivity index (χ3n) is 2.39. The Kier molecular flexibility index (Phi) is 4.45. The highest BCUT2D eigenvalue weighted by Crippen LogP contribution is 2.16. The zero-order chi connectivity index (χ0) is 9.97. The molecule has 0 amide bonds. The normalized spacial score (nSPS) is 20.8. The number of rotatable bonds is 1. The van der Waals surface area contributed by atoms with Crippen LogP contribution in [0.2, 0.25) is 0 Å². The van der Waals surface area contributed by atoms with Crippen LogP contribution in [-0.2, 0) is 0 Å². The Labute approximate surface area is 93.5 Å². The molecule has 0 spiro atoms. The fourth-order valence-corrected chi connectivity index (χ4v) is 1.62. The molecule has 0 saturated carbocycles. The van der Waals surface area contributed by atoms with Crippen molar-refractivity contribution in [2.75, 3.05) is 19.6 Å². The molecule has 0 aromatic heterocycles. The molecule has 1 aromatic carbocycles. The van der Waals surface area contributed by atoms with Crippen molar-refractivity contribution in [2.45, 2.75) is 6.04 Å². The highest BCUT2D eigenvalue weighted by atomic mass is 35.5. The second kappa shape index (κ2) is 5.39. The fraction of sp³-hybridized carbons (Fsp3) is 0.400. The van der Waals surface area contributed by atoms with E-state index in [-0.39, 0.29) is 18.4 Å². The van der Waals surface area contributed by atoms with Crippen molar-refractivity contribution in [3.8, 4) is 0 Å². The van der Waals surface area contributed by atoms with E-state index in [9.17, 15) is 8.78 Å². The van der Waals surface area contributed by atoms with E-state index < -0.39 is 11.6 Å². The second-order valence-corrected chi connectivity index (χ2v) is 3.38. The van der Waals surface area contributed by atoms with Crippen LogP contribution >= 0.6 is 12.4 Å². The number of benzene rings is 1. The smallest absolute Gasteiger partial charge is 0.159 e. The lowest BCUT2D eigenvalue weighted by atomic mass is 10.1. The minimum Gasteiger partial charge on any atom is -0.314 e. The summed E-state index contributed by atoms with van der Waals surface area (Å²) in [5, 5.41) is 6.42. The lowest BCUT2D eigenvalue weighted by Crippen LogP contribution is -2.42. The summed E-state index contributed by atoms with van der Waals surface area (Å²) in [6.07, 6.45) is 0. The first kappa shape index (κ1) is 12.4. The van der Waals surface area contributed by atoms with Gasteiger partial charge in [-0.05, 0) is 17.7 Å². The Morgan fingerprint density at radius 3 is 2.53 bits per heavy atom. The van der Waals surface area contributed by atoms with Crippen molar-refractivity contribution in [3.05, 3.63) is 35.4 Å². The molecule has 1 aromatic rings. The van der Waals surface area contributed by atoms with Crippen LogP contribution in [0.15, 0.2) is 18.2 Å². The van der Waals surface area contributed by atoms with E-state index in [1.54, 1.807) is 6.07 Å². The Morgan fingerprint density at radius 1 is 1.13 bits per heavy atom. The van der Waals surface area contributed by atoms with E-state index in [1.165, 1.54) is 12.1 Å². The first-order valence-electron chi connectivity index (χ1n) is 4.66. The molecular formula is C10H13ClF2N2. The van der Waals surface area contributed by atoms with Gasteiger partial charge in [0.05, 0.1) is 0 Å². The van der Waals surface area contributed by atoms with E-state index in [4.69, 9.17) is 0 Å². The van der Waals surface area contributed by atoms with Crippen molar-refractivity contribution in [1.82, 2.24) is 10.6 Å². The molecule has 2 nitrogen and oxygen atoms in total. The van der Waals surface area contributed by atoms with E-state index in [1.807, 2.05) is 0 Å². The topological polar surface area (TPSA) is 24.1 Å². The maximum atomic E-state index is 12.9. The van der Waals surface area contributed by atoms with Gasteiger partial charge in [-0.15, -0.1) is 12.4 Å². The molecule has 1 aliphatic heterocycles. The average molecular weight is 235 g/mol. The quantitative estimate of drug-likeness (QED) is 0.772. The molecule has 1 aliphatic rings. The third kappa shape index (κ3) is 2.87. The van der Waals surface area contributed by atoms with Crippen molar-refractivity contribution < 1.29 is 8.78 Å². The molecular weight excluding hydrogens is 222 g/mol. The largest absolute Gasteiger partial charge is 0.314 e. The summed E-state index contributed by atoms with van der Waals surface area (Å²) < 4.78 is 25.6. The van der Waals surface area contributed by atoms with E-state index in [0.29, 0.717) is 0 Å². The highest BCUT2D eigenvalue weighted by molar-refractivity contribution is 5.85. The van der Waals surface area contributed by atoms with Crippen molar-refractivity contribution in [3.63, 3.8) is 0 Å². The average Bonchev–Trinajstić information content (AvgIpc) is 2.23. The maximum absolute atomic E-state index is 12.9. The molecule has 0 radical (unpaired) electrons. The van der Waals surface area contributed by atoms with Crippen LogP contribution in [0.5, 0.6) is 0 Å². The minimum atomic E-state index is -0.794. The van der Waals surface area contributed by atoms with Gasteiger partial charge >= 0.3 is 0 Å². The van der Waals surface area contributed by atoms with Crippen LogP contribution in [0.25, 0.3) is 0 Å². The highest BCUT2D eigenvalue weighted by Gasteiger charge is 2.15. The lowest BCUT2D eigenvalue weighted by molar-refractivity contribution is 0.426. The standard InChI is InChI=1S/C10H12F2N2.ClH/c11-8-2-1-7(5-9(8)12)10-6-13-3-4-14-10;/h1-2,5,10,13-14H,3-4,6H2;1H/t10-;/m0./s1. The zero-order valence-electron chi connectivity index (χ0n) is 8.09. The predicted molar refractivity (Wildman–Crippen MR) is 57.2 cm³/mol. The number of hydrogen-bond acceptors (Lipinski definition) is 2. The van der Waals surface area contributed by atoms with E-state index >= 15 is 0 Å². The molecule has 0 aliphatic carbocycles. The van der Waals surface area contributed by atoms with E-state index in [0.717, 1.165) is 25.2 Å². The second-order valence-electron chi connectivity index (χ2n) is 3.38. The summed E-state index contributed by atoms with van der Waals surface area (Å²) in [4.78, 5) is 0. The van der Waals surface area contributed by atoms with Gasteiger partial charge in [-0.25, -0.2) is 8.78 Å². The van der Waals surface area contributed by atoms with Gasteiger partial charge in [-0.2, -0.15) is 0 Å². The summed E-state index contributed by atoms with van der Waals surface area (Å²) in [5.41, 5.74) is 0.788. The molecule has 1 saturated heterocycles. The van der Waals surface area contributed by atoms with Crippen LogP contribution in [0, 0.1) is 11.6 Å². The van der Waals surface area contributed by atoms with Crippen LogP contribution < -0.4 is 10.6 Å². The molecule has 0 unspecified atom stereocenters. The van der Waals surface area contributed by atoms with Gasteiger partial charge < -0.3 is 10.6 Å². The van der Waals surface area contributed by atoms with Crippen LogP contribution in [0.3, 0.4) is 0 Å². The first-order valence-corrected chi connectivity index (χ1v) is 4.66. The number of piperazine rings is 1. The minimum absolute atomic E-state index is 0. The molecule has 1 heterocycles. The Balaban J connectivity index is 0.00000112. The summed E-state index contributed by atoms with van der Waals surface area (Å²) in [7, 11) is 0. The van der Waals surface area contributed by atoms with Gasteiger partial charge in [-0.1, -0.05) is 6.07 Å². The van der Waals surface area contributed by atoms with Gasteiger partial charge in [0.25, 0.3) is 0 Å². The van der Waals surface area contributed by atoms with Crippen LogP contribution in [0.4, 0.5) is 8.78 Å². The summed E-state index contributed by atoms with van der Waals surface area (Å²) in [6.45, 7) is 2.52. The number of nitrogens with one attached hydrogen (secondary N) is 2. The van der Waals surface area contributed by atoms with Gasteiger partial charge in [0.1, 0.15) is 0 Å². The number of halogens is 3. The van der Waals surface area contributed by atoms with Crippen molar-refractivity contribution in [1.29, 1.82) is 0 Å². The molecule has 0 bridgehead atoms. The van der Waals surface area contributed by atoms with Gasteiger partial charge in [0, 0.05) is 25.7 Å². The maximum Gasteiger partial charge on any atom is 0.159 e. The molecule has 15 heavy (non-hydrogen) atoms. The zero-order valence-corrected chi connectivity index (χ0v) is 8.91. The monoisotopic (exact) mass is 234 g/mol. The molecule has 84 valence electrons. The third-order valence-corrected chi connectivity index (χ3v) is 2.39. The molecule has 5 heteroatoms.